The molecule has 3 N–H and O–H groups in total. The van der Waals surface area contributed by atoms with Gasteiger partial charge in [-0.2, -0.15) is 0 Å². The lowest BCUT2D eigenvalue weighted by atomic mass is 10.2. The van der Waals surface area contributed by atoms with E-state index in [0.29, 0.717) is 17.9 Å². The van der Waals surface area contributed by atoms with Gasteiger partial charge in [-0.25, -0.2) is 0 Å². The number of ether oxygens (including phenoxy) is 1. The molecule has 6 nitrogen and oxygen atoms in total. The van der Waals surface area contributed by atoms with E-state index in [1.807, 2.05) is 13.8 Å². The number of rotatable bonds is 7. The molecule has 2 rings (SSSR count). The molecule has 1 heterocycles. The highest BCUT2D eigenvalue weighted by Gasteiger charge is 2.15. The summed E-state index contributed by atoms with van der Waals surface area (Å²) in [5, 5.41) is 8.73. The number of amides is 2. The molecule has 1 atom stereocenters. The molecule has 0 aromatic heterocycles. The quantitative estimate of drug-likeness (QED) is 0.718. The van der Waals surface area contributed by atoms with Crippen molar-refractivity contribution in [2.45, 2.75) is 32.8 Å². The van der Waals surface area contributed by atoms with Gasteiger partial charge in [0.05, 0.1) is 12.6 Å². The van der Waals surface area contributed by atoms with Gasteiger partial charge in [-0.3, -0.25) is 9.59 Å². The van der Waals surface area contributed by atoms with Gasteiger partial charge in [-0.15, -0.1) is 0 Å². The highest BCUT2D eigenvalue weighted by Crippen LogP contribution is 2.16. The second-order valence-corrected chi connectivity index (χ2v) is 6.04. The third-order valence-corrected chi connectivity index (χ3v) is 3.62. The van der Waals surface area contributed by atoms with Gasteiger partial charge in [0.25, 0.3) is 0 Å². The average Bonchev–Trinajstić information content (AvgIpc) is 3.00. The Morgan fingerprint density at radius 2 is 2.00 bits per heavy atom. The normalized spacial score (nSPS) is 17.3. The summed E-state index contributed by atoms with van der Waals surface area (Å²) in [7, 11) is 0. The zero-order valence-electron chi connectivity index (χ0n) is 13.7. The fourth-order valence-corrected chi connectivity index (χ4v) is 2.32. The van der Waals surface area contributed by atoms with Crippen LogP contribution in [0.3, 0.4) is 0 Å². The fourth-order valence-electron chi connectivity index (χ4n) is 2.32. The Kier molecular flexibility index (Phi) is 6.55. The first-order valence-corrected chi connectivity index (χ1v) is 8.07. The Hall–Kier alpha value is -1.92. The molecule has 1 aromatic rings. The topological polar surface area (TPSA) is 79.5 Å². The number of benzene rings is 1. The number of hydrogen-bond donors (Lipinski definition) is 3. The molecule has 0 bridgehead atoms. The van der Waals surface area contributed by atoms with Crippen LogP contribution in [-0.2, 0) is 14.3 Å². The van der Waals surface area contributed by atoms with Crippen molar-refractivity contribution in [3.8, 4) is 0 Å². The number of nitrogens with one attached hydrogen (secondary N) is 3. The van der Waals surface area contributed by atoms with Crippen LogP contribution < -0.4 is 16.0 Å². The van der Waals surface area contributed by atoms with Crippen molar-refractivity contribution in [2.24, 2.45) is 5.92 Å². The van der Waals surface area contributed by atoms with Crippen LogP contribution in [0.2, 0.25) is 0 Å². The summed E-state index contributed by atoms with van der Waals surface area (Å²) in [6.45, 7) is 5.41. The van der Waals surface area contributed by atoms with Crippen LogP contribution in [-0.4, -0.2) is 37.6 Å². The average molecular weight is 319 g/mol. The SMILES string of the molecule is CC(C)C(=O)Nc1cccc(NC(=O)CNCC2CCCO2)c1. The molecule has 0 aliphatic carbocycles. The number of hydrogen-bond acceptors (Lipinski definition) is 4. The predicted octanol–water partition coefficient (Wildman–Crippen LogP) is 1.99. The second-order valence-electron chi connectivity index (χ2n) is 6.04. The van der Waals surface area contributed by atoms with E-state index in [9.17, 15) is 9.59 Å². The van der Waals surface area contributed by atoms with Crippen molar-refractivity contribution in [1.82, 2.24) is 5.32 Å². The molecule has 0 radical (unpaired) electrons. The predicted molar refractivity (Wildman–Crippen MR) is 90.4 cm³/mol. The molecule has 2 amide bonds. The van der Waals surface area contributed by atoms with E-state index in [4.69, 9.17) is 4.74 Å². The van der Waals surface area contributed by atoms with E-state index in [0.717, 1.165) is 19.4 Å². The molecule has 1 unspecified atom stereocenters. The molecule has 1 aromatic carbocycles. The van der Waals surface area contributed by atoms with Gasteiger partial charge in [-0.05, 0) is 31.0 Å². The van der Waals surface area contributed by atoms with Crippen LogP contribution in [0.5, 0.6) is 0 Å². The molecule has 0 spiro atoms. The molecular weight excluding hydrogens is 294 g/mol. The molecular formula is C17H25N3O3. The van der Waals surface area contributed by atoms with Crippen molar-refractivity contribution in [2.75, 3.05) is 30.3 Å². The Morgan fingerprint density at radius 1 is 1.26 bits per heavy atom. The molecule has 6 heteroatoms. The van der Waals surface area contributed by atoms with Crippen LogP contribution in [0.4, 0.5) is 11.4 Å². The molecule has 1 aliphatic heterocycles. The van der Waals surface area contributed by atoms with Crippen molar-refractivity contribution < 1.29 is 14.3 Å². The maximum absolute atomic E-state index is 11.9. The maximum Gasteiger partial charge on any atom is 0.238 e. The third-order valence-electron chi connectivity index (χ3n) is 3.62. The molecule has 0 saturated carbocycles. The van der Waals surface area contributed by atoms with Gasteiger partial charge in [0.15, 0.2) is 0 Å². The fraction of sp³-hybridized carbons (Fsp3) is 0.529. The molecule has 1 fully saturated rings. The third kappa shape index (κ3) is 6.00. The van der Waals surface area contributed by atoms with Gasteiger partial charge >= 0.3 is 0 Å². The minimum Gasteiger partial charge on any atom is -0.377 e. The van der Waals surface area contributed by atoms with Crippen LogP contribution in [0.1, 0.15) is 26.7 Å². The first-order valence-electron chi connectivity index (χ1n) is 8.07. The maximum atomic E-state index is 11.9. The standard InChI is InChI=1S/C17H25N3O3/c1-12(2)17(22)20-14-6-3-5-13(9-14)19-16(21)11-18-10-15-7-4-8-23-15/h3,5-6,9,12,15,18H,4,7-8,10-11H2,1-2H3,(H,19,21)(H,20,22). The zero-order valence-corrected chi connectivity index (χ0v) is 13.7. The van der Waals surface area contributed by atoms with Gasteiger partial charge in [0.1, 0.15) is 0 Å². The monoisotopic (exact) mass is 319 g/mol. The first-order chi connectivity index (χ1) is 11.0. The van der Waals surface area contributed by atoms with E-state index >= 15 is 0 Å². The minimum absolute atomic E-state index is 0.0493. The van der Waals surface area contributed by atoms with Gasteiger partial charge < -0.3 is 20.7 Å². The first kappa shape index (κ1) is 17.4. The van der Waals surface area contributed by atoms with E-state index in [1.165, 1.54) is 0 Å². The van der Waals surface area contributed by atoms with Crippen molar-refractivity contribution in [1.29, 1.82) is 0 Å². The summed E-state index contributed by atoms with van der Waals surface area (Å²) in [4.78, 5) is 23.6. The zero-order chi connectivity index (χ0) is 16.7. The Morgan fingerprint density at radius 3 is 2.65 bits per heavy atom. The van der Waals surface area contributed by atoms with Gasteiger partial charge in [-0.1, -0.05) is 19.9 Å². The summed E-state index contributed by atoms with van der Waals surface area (Å²) in [6, 6.07) is 7.14. The number of carbonyl (C=O) groups is 2. The van der Waals surface area contributed by atoms with E-state index in [2.05, 4.69) is 16.0 Å². The van der Waals surface area contributed by atoms with Crippen LogP contribution in [0.25, 0.3) is 0 Å². The summed E-state index contributed by atoms with van der Waals surface area (Å²) < 4.78 is 5.49. The largest absolute Gasteiger partial charge is 0.377 e. The number of anilines is 2. The van der Waals surface area contributed by atoms with Crippen LogP contribution >= 0.6 is 0 Å². The van der Waals surface area contributed by atoms with Gasteiger partial charge in [0.2, 0.25) is 11.8 Å². The molecule has 1 aliphatic rings. The second kappa shape index (κ2) is 8.64. The summed E-state index contributed by atoms with van der Waals surface area (Å²) in [5.74, 6) is -0.253. The van der Waals surface area contributed by atoms with Crippen LogP contribution in [0, 0.1) is 5.92 Å². The Labute approximate surface area is 137 Å². The lowest BCUT2D eigenvalue weighted by Gasteiger charge is -2.12. The van der Waals surface area contributed by atoms with E-state index in [-0.39, 0.29) is 30.4 Å². The highest BCUT2D eigenvalue weighted by atomic mass is 16.5. The highest BCUT2D eigenvalue weighted by molar-refractivity contribution is 5.95. The van der Waals surface area contributed by atoms with Crippen molar-refractivity contribution in [3.63, 3.8) is 0 Å². The molecule has 1 saturated heterocycles. The lowest BCUT2D eigenvalue weighted by Crippen LogP contribution is -2.33. The van der Waals surface area contributed by atoms with Crippen LogP contribution in [0.15, 0.2) is 24.3 Å². The van der Waals surface area contributed by atoms with E-state index in [1.54, 1.807) is 24.3 Å². The molecule has 126 valence electrons. The smallest absolute Gasteiger partial charge is 0.238 e. The number of carbonyl (C=O) groups excluding carboxylic acids is 2. The lowest BCUT2D eigenvalue weighted by molar-refractivity contribution is -0.119. The van der Waals surface area contributed by atoms with Crippen molar-refractivity contribution >= 4 is 23.2 Å². The summed E-state index contributed by atoms with van der Waals surface area (Å²) in [5.41, 5.74) is 1.34. The molecule has 23 heavy (non-hydrogen) atoms. The Bertz CT molecular complexity index is 540. The summed E-state index contributed by atoms with van der Waals surface area (Å²) >= 11 is 0. The minimum atomic E-state index is -0.115. The Balaban J connectivity index is 1.77. The summed E-state index contributed by atoms with van der Waals surface area (Å²) in [6.07, 6.45) is 2.36. The van der Waals surface area contributed by atoms with Gasteiger partial charge in [0, 0.05) is 30.4 Å². The van der Waals surface area contributed by atoms with Crippen molar-refractivity contribution in [3.05, 3.63) is 24.3 Å². The van der Waals surface area contributed by atoms with E-state index < -0.39 is 0 Å².